The van der Waals surface area contributed by atoms with Gasteiger partial charge in [0.15, 0.2) is 0 Å². The number of hydrogen-bond acceptors (Lipinski definition) is 4. The van der Waals surface area contributed by atoms with E-state index in [2.05, 4.69) is 20.2 Å². The summed E-state index contributed by atoms with van der Waals surface area (Å²) in [6.45, 7) is 2.61. The summed E-state index contributed by atoms with van der Waals surface area (Å²) in [7, 11) is 1.85. The first-order chi connectivity index (χ1) is 7.79. The van der Waals surface area contributed by atoms with E-state index in [-0.39, 0.29) is 5.56 Å². The molecule has 0 aliphatic carbocycles. The Kier molecular flexibility index (Phi) is 3.56. The quantitative estimate of drug-likeness (QED) is 0.781. The zero-order chi connectivity index (χ0) is 11.4. The SMILES string of the molecule is CNCc1cc(=O)[nH]c(N2CCCCC2)n1. The van der Waals surface area contributed by atoms with Crippen molar-refractivity contribution < 1.29 is 0 Å². The van der Waals surface area contributed by atoms with Crippen LogP contribution in [0.25, 0.3) is 0 Å². The van der Waals surface area contributed by atoms with Crippen LogP contribution in [0.5, 0.6) is 0 Å². The third-order valence-corrected chi connectivity index (χ3v) is 2.80. The molecule has 0 radical (unpaired) electrons. The van der Waals surface area contributed by atoms with Gasteiger partial charge in [0.2, 0.25) is 5.95 Å². The normalized spacial score (nSPS) is 16.4. The van der Waals surface area contributed by atoms with Gasteiger partial charge in [-0.3, -0.25) is 9.78 Å². The average Bonchev–Trinajstić information content (AvgIpc) is 2.30. The number of aromatic nitrogens is 2. The molecule has 0 unspecified atom stereocenters. The standard InChI is InChI=1S/C11H18N4O/c1-12-8-9-7-10(16)14-11(13-9)15-5-3-2-4-6-15/h7,12H,2-6,8H2,1H3,(H,13,14,16). The van der Waals surface area contributed by atoms with E-state index in [0.29, 0.717) is 6.54 Å². The molecule has 1 aliphatic rings. The number of piperidine rings is 1. The lowest BCUT2D eigenvalue weighted by atomic mass is 10.1. The number of nitrogens with one attached hydrogen (secondary N) is 2. The van der Waals surface area contributed by atoms with Gasteiger partial charge in [-0.1, -0.05) is 0 Å². The van der Waals surface area contributed by atoms with E-state index in [4.69, 9.17) is 0 Å². The Morgan fingerprint density at radius 3 is 2.88 bits per heavy atom. The van der Waals surface area contributed by atoms with Gasteiger partial charge in [-0.05, 0) is 26.3 Å². The molecule has 1 aliphatic heterocycles. The van der Waals surface area contributed by atoms with Gasteiger partial charge in [0.05, 0.1) is 5.69 Å². The van der Waals surface area contributed by atoms with Gasteiger partial charge in [-0.15, -0.1) is 0 Å². The second-order valence-electron chi connectivity index (χ2n) is 4.14. The first-order valence-corrected chi connectivity index (χ1v) is 5.79. The maximum Gasteiger partial charge on any atom is 0.252 e. The van der Waals surface area contributed by atoms with Crippen LogP contribution in [0.4, 0.5) is 5.95 Å². The van der Waals surface area contributed by atoms with Crippen LogP contribution in [-0.2, 0) is 6.54 Å². The summed E-state index contributed by atoms with van der Waals surface area (Å²) in [6, 6.07) is 1.55. The number of anilines is 1. The summed E-state index contributed by atoms with van der Waals surface area (Å²) in [5.74, 6) is 0.720. The topological polar surface area (TPSA) is 61.0 Å². The van der Waals surface area contributed by atoms with E-state index in [1.165, 1.54) is 19.3 Å². The minimum absolute atomic E-state index is 0.0687. The van der Waals surface area contributed by atoms with Crippen LogP contribution >= 0.6 is 0 Å². The van der Waals surface area contributed by atoms with Crippen LogP contribution in [0.2, 0.25) is 0 Å². The number of aromatic amines is 1. The van der Waals surface area contributed by atoms with Crippen molar-refractivity contribution in [3.05, 3.63) is 22.1 Å². The van der Waals surface area contributed by atoms with Gasteiger partial charge in [0.1, 0.15) is 0 Å². The van der Waals surface area contributed by atoms with Crippen molar-refractivity contribution in [1.29, 1.82) is 0 Å². The Hall–Kier alpha value is -1.36. The Bertz CT molecular complexity index is 395. The maximum absolute atomic E-state index is 11.5. The third kappa shape index (κ3) is 2.61. The van der Waals surface area contributed by atoms with E-state index in [1.807, 2.05) is 7.05 Å². The molecule has 88 valence electrons. The van der Waals surface area contributed by atoms with Crippen LogP contribution < -0.4 is 15.8 Å². The summed E-state index contributed by atoms with van der Waals surface area (Å²) >= 11 is 0. The first kappa shape index (κ1) is 11.1. The summed E-state index contributed by atoms with van der Waals surface area (Å²) in [6.07, 6.45) is 3.64. The van der Waals surface area contributed by atoms with E-state index in [1.54, 1.807) is 6.07 Å². The molecule has 1 aromatic heterocycles. The molecule has 2 N–H and O–H groups in total. The van der Waals surface area contributed by atoms with Gasteiger partial charge in [0, 0.05) is 25.7 Å². The van der Waals surface area contributed by atoms with Crippen molar-refractivity contribution in [2.24, 2.45) is 0 Å². The van der Waals surface area contributed by atoms with Crippen molar-refractivity contribution in [2.45, 2.75) is 25.8 Å². The molecule has 1 aromatic rings. The zero-order valence-corrected chi connectivity index (χ0v) is 9.62. The Balaban J connectivity index is 2.21. The molecule has 0 saturated carbocycles. The second-order valence-corrected chi connectivity index (χ2v) is 4.14. The van der Waals surface area contributed by atoms with Gasteiger partial charge in [-0.25, -0.2) is 4.98 Å². The summed E-state index contributed by atoms with van der Waals surface area (Å²) in [4.78, 5) is 20.9. The predicted molar refractivity (Wildman–Crippen MR) is 63.7 cm³/mol. The average molecular weight is 222 g/mol. The van der Waals surface area contributed by atoms with E-state index in [9.17, 15) is 4.79 Å². The van der Waals surface area contributed by atoms with E-state index < -0.39 is 0 Å². The highest BCUT2D eigenvalue weighted by Gasteiger charge is 2.13. The summed E-state index contributed by atoms with van der Waals surface area (Å²) in [5, 5.41) is 3.01. The zero-order valence-electron chi connectivity index (χ0n) is 9.62. The highest BCUT2D eigenvalue weighted by atomic mass is 16.1. The van der Waals surface area contributed by atoms with Gasteiger partial charge in [0.25, 0.3) is 5.56 Å². The number of H-pyrrole nitrogens is 1. The van der Waals surface area contributed by atoms with Crippen molar-refractivity contribution in [3.8, 4) is 0 Å². The van der Waals surface area contributed by atoms with Crippen LogP contribution in [0.3, 0.4) is 0 Å². The molecule has 2 heterocycles. The number of rotatable bonds is 3. The molecular formula is C11H18N4O. The van der Waals surface area contributed by atoms with Crippen LogP contribution in [-0.4, -0.2) is 30.1 Å². The molecular weight excluding hydrogens is 204 g/mol. The van der Waals surface area contributed by atoms with Crippen molar-refractivity contribution in [3.63, 3.8) is 0 Å². The highest BCUT2D eigenvalue weighted by Crippen LogP contribution is 2.14. The predicted octanol–water partition coefficient (Wildman–Crippen LogP) is 0.480. The highest BCUT2D eigenvalue weighted by molar-refractivity contribution is 5.30. The number of nitrogens with zero attached hydrogens (tertiary/aromatic N) is 2. The molecule has 2 rings (SSSR count). The van der Waals surface area contributed by atoms with Crippen molar-refractivity contribution in [1.82, 2.24) is 15.3 Å². The lowest BCUT2D eigenvalue weighted by molar-refractivity contribution is 0.566. The fraction of sp³-hybridized carbons (Fsp3) is 0.636. The minimum atomic E-state index is -0.0687. The lowest BCUT2D eigenvalue weighted by Gasteiger charge is -2.27. The summed E-state index contributed by atoms with van der Waals surface area (Å²) in [5.41, 5.74) is 0.729. The molecule has 5 heteroatoms. The molecule has 0 amide bonds. The molecule has 0 aromatic carbocycles. The van der Waals surface area contributed by atoms with Crippen LogP contribution in [0.15, 0.2) is 10.9 Å². The summed E-state index contributed by atoms with van der Waals surface area (Å²) < 4.78 is 0. The second kappa shape index (κ2) is 5.12. The molecule has 1 fully saturated rings. The molecule has 0 spiro atoms. The Morgan fingerprint density at radius 1 is 1.44 bits per heavy atom. The first-order valence-electron chi connectivity index (χ1n) is 5.79. The van der Waals surface area contributed by atoms with Gasteiger partial charge >= 0.3 is 0 Å². The molecule has 16 heavy (non-hydrogen) atoms. The minimum Gasteiger partial charge on any atom is -0.342 e. The monoisotopic (exact) mass is 222 g/mol. The molecule has 0 atom stereocenters. The van der Waals surface area contributed by atoms with Crippen LogP contribution in [0, 0.1) is 0 Å². The van der Waals surface area contributed by atoms with Crippen molar-refractivity contribution in [2.75, 3.05) is 25.0 Å². The fourth-order valence-corrected chi connectivity index (χ4v) is 2.02. The smallest absolute Gasteiger partial charge is 0.252 e. The molecule has 1 saturated heterocycles. The maximum atomic E-state index is 11.5. The molecule has 5 nitrogen and oxygen atoms in total. The number of hydrogen-bond donors (Lipinski definition) is 2. The fourth-order valence-electron chi connectivity index (χ4n) is 2.02. The molecule has 0 bridgehead atoms. The van der Waals surface area contributed by atoms with Crippen LogP contribution in [0.1, 0.15) is 25.0 Å². The largest absolute Gasteiger partial charge is 0.342 e. The third-order valence-electron chi connectivity index (χ3n) is 2.80. The van der Waals surface area contributed by atoms with Crippen molar-refractivity contribution >= 4 is 5.95 Å². The Morgan fingerprint density at radius 2 is 2.19 bits per heavy atom. The Labute approximate surface area is 94.9 Å². The van der Waals surface area contributed by atoms with E-state index >= 15 is 0 Å². The van der Waals surface area contributed by atoms with E-state index in [0.717, 1.165) is 24.7 Å². The van der Waals surface area contributed by atoms with Gasteiger partial charge < -0.3 is 10.2 Å². The van der Waals surface area contributed by atoms with Gasteiger partial charge in [-0.2, -0.15) is 0 Å². The lowest BCUT2D eigenvalue weighted by Crippen LogP contribution is -2.33.